The second-order valence-electron chi connectivity index (χ2n) is 5.80. The van der Waals surface area contributed by atoms with Gasteiger partial charge in [0.1, 0.15) is 5.82 Å². The van der Waals surface area contributed by atoms with Crippen molar-refractivity contribution in [3.05, 3.63) is 52.8 Å². The van der Waals surface area contributed by atoms with E-state index in [2.05, 4.69) is 22.3 Å². The molecular formula is C18H22N4O. The summed E-state index contributed by atoms with van der Waals surface area (Å²) in [7, 11) is 1.97. The third kappa shape index (κ3) is 3.05. The largest absolute Gasteiger partial charge is 0.392 e. The van der Waals surface area contributed by atoms with Crippen LogP contribution in [0.25, 0.3) is 10.9 Å². The highest BCUT2D eigenvalue weighted by atomic mass is 16.3. The number of aliphatic hydroxyl groups excluding tert-OH is 1. The number of nitrogens with zero attached hydrogens (tertiary/aromatic N) is 3. The number of hydrogen-bond donors (Lipinski definition) is 2. The molecule has 2 N–H and O–H groups in total. The zero-order valence-corrected chi connectivity index (χ0v) is 13.8. The Hall–Kier alpha value is -2.40. The first-order valence-electron chi connectivity index (χ1n) is 7.82. The van der Waals surface area contributed by atoms with E-state index in [4.69, 9.17) is 0 Å². The van der Waals surface area contributed by atoms with Gasteiger partial charge in [0.25, 0.3) is 0 Å². The number of anilines is 1. The van der Waals surface area contributed by atoms with Crippen LogP contribution in [0.1, 0.15) is 22.5 Å². The molecule has 0 atom stereocenters. The van der Waals surface area contributed by atoms with Gasteiger partial charge in [-0.15, -0.1) is 0 Å². The lowest BCUT2D eigenvalue weighted by Gasteiger charge is -2.11. The minimum absolute atomic E-state index is 0.0227. The van der Waals surface area contributed by atoms with Gasteiger partial charge < -0.3 is 10.4 Å². The molecule has 3 rings (SSSR count). The van der Waals surface area contributed by atoms with Crippen LogP contribution in [0.5, 0.6) is 0 Å². The Labute approximate surface area is 136 Å². The lowest BCUT2D eigenvalue weighted by molar-refractivity contribution is 0.282. The monoisotopic (exact) mass is 310 g/mol. The second kappa shape index (κ2) is 6.38. The van der Waals surface area contributed by atoms with Crippen molar-refractivity contribution < 1.29 is 5.11 Å². The summed E-state index contributed by atoms with van der Waals surface area (Å²) in [4.78, 5) is 4.64. The molecule has 120 valence electrons. The minimum Gasteiger partial charge on any atom is -0.392 e. The van der Waals surface area contributed by atoms with Crippen LogP contribution in [0.2, 0.25) is 0 Å². The van der Waals surface area contributed by atoms with E-state index in [0.29, 0.717) is 0 Å². The fourth-order valence-electron chi connectivity index (χ4n) is 2.92. The van der Waals surface area contributed by atoms with E-state index >= 15 is 0 Å². The first-order valence-corrected chi connectivity index (χ1v) is 7.82. The van der Waals surface area contributed by atoms with E-state index in [1.807, 2.05) is 49.0 Å². The van der Waals surface area contributed by atoms with Gasteiger partial charge in [-0.2, -0.15) is 5.10 Å². The Morgan fingerprint density at radius 3 is 2.70 bits per heavy atom. The van der Waals surface area contributed by atoms with Gasteiger partial charge >= 0.3 is 0 Å². The Balaban J connectivity index is 1.78. The highest BCUT2D eigenvalue weighted by Crippen LogP contribution is 2.21. The second-order valence-corrected chi connectivity index (χ2v) is 5.80. The number of rotatable bonds is 5. The summed E-state index contributed by atoms with van der Waals surface area (Å²) in [6, 6.07) is 9.93. The maximum Gasteiger partial charge on any atom is 0.132 e. The van der Waals surface area contributed by atoms with Crippen molar-refractivity contribution in [2.45, 2.75) is 26.9 Å². The lowest BCUT2D eigenvalue weighted by atomic mass is 10.1. The van der Waals surface area contributed by atoms with Crippen LogP contribution in [0, 0.1) is 13.8 Å². The third-order valence-electron chi connectivity index (χ3n) is 4.30. The van der Waals surface area contributed by atoms with Gasteiger partial charge in [-0.3, -0.25) is 4.68 Å². The lowest BCUT2D eigenvalue weighted by Crippen LogP contribution is -2.10. The topological polar surface area (TPSA) is 63.0 Å². The molecule has 2 aromatic heterocycles. The summed E-state index contributed by atoms with van der Waals surface area (Å²) < 4.78 is 1.91. The van der Waals surface area contributed by atoms with Crippen LogP contribution in [0.15, 0.2) is 30.3 Å². The Bertz CT molecular complexity index is 838. The standard InChI is InChI=1S/C18H22N4O/c1-12-16(13(2)22(3)21-12)8-9-19-18-15(11-23)10-14-6-4-5-7-17(14)20-18/h4-7,10,23H,8-9,11H2,1-3H3,(H,19,20). The van der Waals surface area contributed by atoms with Gasteiger partial charge in [-0.1, -0.05) is 18.2 Å². The fraction of sp³-hybridized carbons (Fsp3) is 0.333. The van der Waals surface area contributed by atoms with Gasteiger partial charge in [-0.05, 0) is 38.0 Å². The van der Waals surface area contributed by atoms with Crippen LogP contribution >= 0.6 is 0 Å². The van der Waals surface area contributed by atoms with Crippen molar-refractivity contribution in [1.82, 2.24) is 14.8 Å². The van der Waals surface area contributed by atoms with E-state index in [-0.39, 0.29) is 6.61 Å². The maximum absolute atomic E-state index is 9.59. The average Bonchev–Trinajstić information content (AvgIpc) is 2.80. The van der Waals surface area contributed by atoms with Crippen molar-refractivity contribution in [2.24, 2.45) is 7.05 Å². The summed E-state index contributed by atoms with van der Waals surface area (Å²) in [5.41, 5.74) is 5.29. The highest BCUT2D eigenvalue weighted by Gasteiger charge is 2.10. The van der Waals surface area contributed by atoms with Crippen molar-refractivity contribution in [2.75, 3.05) is 11.9 Å². The van der Waals surface area contributed by atoms with E-state index in [9.17, 15) is 5.11 Å². The molecule has 0 spiro atoms. The molecule has 0 saturated heterocycles. The van der Waals surface area contributed by atoms with E-state index in [1.54, 1.807) is 0 Å². The number of aryl methyl sites for hydroxylation is 2. The molecule has 5 heteroatoms. The van der Waals surface area contributed by atoms with Crippen LogP contribution in [-0.4, -0.2) is 26.4 Å². The predicted octanol–water partition coefficient (Wildman–Crippen LogP) is 2.73. The van der Waals surface area contributed by atoms with Crippen molar-refractivity contribution in [3.63, 3.8) is 0 Å². The Kier molecular flexibility index (Phi) is 4.30. The molecule has 2 heterocycles. The van der Waals surface area contributed by atoms with Gasteiger partial charge in [0.15, 0.2) is 0 Å². The van der Waals surface area contributed by atoms with Crippen molar-refractivity contribution >= 4 is 16.7 Å². The molecule has 23 heavy (non-hydrogen) atoms. The van der Waals surface area contributed by atoms with Crippen molar-refractivity contribution in [3.8, 4) is 0 Å². The number of hydrogen-bond acceptors (Lipinski definition) is 4. The van der Waals surface area contributed by atoms with Crippen LogP contribution < -0.4 is 5.32 Å². The van der Waals surface area contributed by atoms with Gasteiger partial charge in [0.05, 0.1) is 17.8 Å². The fourth-order valence-corrected chi connectivity index (χ4v) is 2.92. The first-order chi connectivity index (χ1) is 11.1. The minimum atomic E-state index is -0.0227. The average molecular weight is 310 g/mol. The van der Waals surface area contributed by atoms with Gasteiger partial charge in [0.2, 0.25) is 0 Å². The number of pyridine rings is 1. The molecule has 1 aromatic carbocycles. The summed E-state index contributed by atoms with van der Waals surface area (Å²) in [6.07, 6.45) is 0.880. The summed E-state index contributed by atoms with van der Waals surface area (Å²) in [6.45, 7) is 4.86. The van der Waals surface area contributed by atoms with E-state index < -0.39 is 0 Å². The SMILES string of the molecule is Cc1nn(C)c(C)c1CCNc1nc2ccccc2cc1CO. The first kappa shape index (κ1) is 15.5. The number of fused-ring (bicyclic) bond motifs is 1. The highest BCUT2D eigenvalue weighted by molar-refractivity contribution is 5.81. The van der Waals surface area contributed by atoms with E-state index in [1.165, 1.54) is 11.3 Å². The quantitative estimate of drug-likeness (QED) is 0.760. The Morgan fingerprint density at radius 1 is 1.22 bits per heavy atom. The third-order valence-corrected chi connectivity index (χ3v) is 4.30. The normalized spacial score (nSPS) is 11.1. The maximum atomic E-state index is 9.59. The van der Waals surface area contributed by atoms with Gasteiger partial charge in [-0.25, -0.2) is 4.98 Å². The molecular weight excluding hydrogens is 288 g/mol. The van der Waals surface area contributed by atoms with Crippen molar-refractivity contribution in [1.29, 1.82) is 0 Å². The van der Waals surface area contributed by atoms with Crippen LogP contribution in [-0.2, 0) is 20.1 Å². The summed E-state index contributed by atoms with van der Waals surface area (Å²) >= 11 is 0. The molecule has 0 radical (unpaired) electrons. The molecule has 0 saturated carbocycles. The predicted molar refractivity (Wildman–Crippen MR) is 92.5 cm³/mol. The van der Waals surface area contributed by atoms with E-state index in [0.717, 1.165) is 40.9 Å². The zero-order chi connectivity index (χ0) is 16.4. The zero-order valence-electron chi connectivity index (χ0n) is 13.8. The van der Waals surface area contributed by atoms with Crippen LogP contribution in [0.3, 0.4) is 0 Å². The molecule has 5 nitrogen and oxygen atoms in total. The molecule has 0 aliphatic heterocycles. The Morgan fingerprint density at radius 2 is 2.00 bits per heavy atom. The molecule has 0 unspecified atom stereocenters. The molecule has 0 bridgehead atoms. The summed E-state index contributed by atoms with van der Waals surface area (Å²) in [5.74, 6) is 0.755. The molecule has 0 aliphatic carbocycles. The summed E-state index contributed by atoms with van der Waals surface area (Å²) in [5, 5.41) is 18.4. The number of nitrogens with one attached hydrogen (secondary N) is 1. The number of aliphatic hydroxyl groups is 1. The van der Waals surface area contributed by atoms with Gasteiger partial charge in [0, 0.05) is 30.2 Å². The molecule has 0 amide bonds. The number of aromatic nitrogens is 3. The molecule has 0 fully saturated rings. The number of benzene rings is 1. The molecule has 3 aromatic rings. The smallest absolute Gasteiger partial charge is 0.132 e. The molecule has 0 aliphatic rings. The van der Waals surface area contributed by atoms with Crippen LogP contribution in [0.4, 0.5) is 5.82 Å². The number of para-hydroxylation sites is 1.